The second-order valence-electron chi connectivity index (χ2n) is 5.51. The normalized spacial score (nSPS) is 11.5. The molecule has 2 N–H and O–H groups in total. The molecule has 126 valence electrons. The van der Waals surface area contributed by atoms with Crippen LogP contribution in [0.1, 0.15) is 30.5 Å². The van der Waals surface area contributed by atoms with Crippen LogP contribution in [0.2, 0.25) is 0 Å². The highest BCUT2D eigenvalue weighted by atomic mass is 16.5. The zero-order valence-corrected chi connectivity index (χ0v) is 14.0. The number of pyridine rings is 1. The van der Waals surface area contributed by atoms with Crippen molar-refractivity contribution in [1.29, 1.82) is 0 Å². The molecule has 6 heteroatoms. The van der Waals surface area contributed by atoms with Crippen LogP contribution in [-0.2, 0) is 9.59 Å². The first-order chi connectivity index (χ1) is 11.5. The maximum atomic E-state index is 12.3. The van der Waals surface area contributed by atoms with E-state index >= 15 is 0 Å². The van der Waals surface area contributed by atoms with E-state index in [1.54, 1.807) is 12.1 Å². The van der Waals surface area contributed by atoms with Gasteiger partial charge >= 0.3 is 0 Å². The Kier molecular flexibility index (Phi) is 5.89. The summed E-state index contributed by atoms with van der Waals surface area (Å²) < 4.78 is 4.98. The number of nitrogens with zero attached hydrogens (tertiary/aromatic N) is 1. The fourth-order valence-electron chi connectivity index (χ4n) is 2.27. The topological polar surface area (TPSA) is 80.3 Å². The number of ether oxygens (including phenoxy) is 1. The highest BCUT2D eigenvalue weighted by Crippen LogP contribution is 2.19. The Morgan fingerprint density at radius 2 is 1.88 bits per heavy atom. The van der Waals surface area contributed by atoms with Crippen molar-refractivity contribution in [2.45, 2.75) is 26.3 Å². The molecule has 1 aromatic heterocycles. The van der Waals surface area contributed by atoms with E-state index in [9.17, 15) is 9.59 Å². The van der Waals surface area contributed by atoms with Gasteiger partial charge in [-0.25, -0.2) is 4.98 Å². The fraction of sp³-hybridized carbons (Fsp3) is 0.278. The minimum absolute atomic E-state index is 0.134. The molecule has 2 aromatic rings. The molecule has 0 aliphatic heterocycles. The van der Waals surface area contributed by atoms with Gasteiger partial charge in [-0.15, -0.1) is 0 Å². The summed E-state index contributed by atoms with van der Waals surface area (Å²) in [4.78, 5) is 27.8. The number of carbonyl (C=O) groups is 2. The number of hydrogen-bond donors (Lipinski definition) is 2. The number of nitrogens with one attached hydrogen (secondary N) is 2. The molecule has 1 heterocycles. The molecule has 6 nitrogen and oxygen atoms in total. The van der Waals surface area contributed by atoms with E-state index in [-0.39, 0.29) is 24.3 Å². The number of hydrogen-bond acceptors (Lipinski definition) is 4. The van der Waals surface area contributed by atoms with E-state index in [1.165, 1.54) is 20.2 Å². The summed E-state index contributed by atoms with van der Waals surface area (Å²) in [5.41, 5.74) is 2.58. The standard InChI is InChI=1S/C18H21N3O3/c1-12-4-6-14(7-5-12)16(20-13(2)22)10-17(23)21-15-8-9-18(24-3)19-11-15/h4-9,11,16H,10H2,1-3H3,(H,20,22)(H,21,23)/t16-/m1/s1. The molecule has 0 saturated carbocycles. The Hall–Kier alpha value is -2.89. The molecular weight excluding hydrogens is 306 g/mol. The van der Waals surface area contributed by atoms with Crippen molar-refractivity contribution in [2.24, 2.45) is 0 Å². The van der Waals surface area contributed by atoms with Crippen LogP contribution in [0.5, 0.6) is 5.88 Å². The zero-order valence-electron chi connectivity index (χ0n) is 14.0. The second kappa shape index (κ2) is 8.10. The number of aromatic nitrogens is 1. The Bertz CT molecular complexity index is 696. The Labute approximate surface area is 141 Å². The van der Waals surface area contributed by atoms with Crippen molar-refractivity contribution in [3.63, 3.8) is 0 Å². The van der Waals surface area contributed by atoms with Gasteiger partial charge in [0, 0.05) is 13.0 Å². The average molecular weight is 327 g/mol. The molecular formula is C18H21N3O3. The first-order valence-electron chi connectivity index (χ1n) is 7.61. The third kappa shape index (κ3) is 5.08. The van der Waals surface area contributed by atoms with Crippen LogP contribution in [-0.4, -0.2) is 23.9 Å². The van der Waals surface area contributed by atoms with Gasteiger partial charge in [0.1, 0.15) is 0 Å². The van der Waals surface area contributed by atoms with Crippen molar-refractivity contribution in [3.8, 4) is 5.88 Å². The summed E-state index contributed by atoms with van der Waals surface area (Å²) in [6.45, 7) is 3.42. The van der Waals surface area contributed by atoms with Crippen molar-refractivity contribution in [1.82, 2.24) is 10.3 Å². The quantitative estimate of drug-likeness (QED) is 0.854. The van der Waals surface area contributed by atoms with Gasteiger partial charge in [-0.1, -0.05) is 29.8 Å². The Balaban J connectivity index is 2.05. The number of carbonyl (C=O) groups excluding carboxylic acids is 2. The summed E-state index contributed by atoms with van der Waals surface area (Å²) in [5.74, 6) is 0.0876. The van der Waals surface area contributed by atoms with Gasteiger partial charge in [-0.3, -0.25) is 9.59 Å². The minimum Gasteiger partial charge on any atom is -0.481 e. The summed E-state index contributed by atoms with van der Waals surface area (Å²) in [7, 11) is 1.53. The van der Waals surface area contributed by atoms with Crippen LogP contribution >= 0.6 is 0 Å². The predicted octanol–water partition coefficient (Wildman–Crippen LogP) is 2.60. The summed E-state index contributed by atoms with van der Waals surface area (Å²) in [6.07, 6.45) is 1.66. The van der Waals surface area contributed by atoms with Crippen LogP contribution in [0.4, 0.5) is 5.69 Å². The van der Waals surface area contributed by atoms with Gasteiger partial charge in [0.2, 0.25) is 17.7 Å². The third-order valence-electron chi connectivity index (χ3n) is 3.48. The smallest absolute Gasteiger partial charge is 0.226 e. The van der Waals surface area contributed by atoms with Crippen LogP contribution in [0.15, 0.2) is 42.6 Å². The lowest BCUT2D eigenvalue weighted by Gasteiger charge is -2.18. The molecule has 0 radical (unpaired) electrons. The maximum absolute atomic E-state index is 12.3. The molecule has 0 saturated heterocycles. The lowest BCUT2D eigenvalue weighted by atomic mass is 10.0. The highest BCUT2D eigenvalue weighted by Gasteiger charge is 2.17. The first-order valence-corrected chi connectivity index (χ1v) is 7.61. The third-order valence-corrected chi connectivity index (χ3v) is 3.48. The van der Waals surface area contributed by atoms with Gasteiger partial charge in [-0.05, 0) is 18.6 Å². The number of methoxy groups -OCH3 is 1. The minimum atomic E-state index is -0.380. The van der Waals surface area contributed by atoms with Gasteiger partial charge in [0.15, 0.2) is 0 Å². The second-order valence-corrected chi connectivity index (χ2v) is 5.51. The van der Waals surface area contributed by atoms with Gasteiger partial charge in [0.25, 0.3) is 0 Å². The number of anilines is 1. The van der Waals surface area contributed by atoms with Crippen molar-refractivity contribution in [2.75, 3.05) is 12.4 Å². The van der Waals surface area contributed by atoms with Crippen LogP contribution < -0.4 is 15.4 Å². The molecule has 0 aliphatic rings. The lowest BCUT2D eigenvalue weighted by Crippen LogP contribution is -2.29. The van der Waals surface area contributed by atoms with E-state index in [1.807, 2.05) is 31.2 Å². The highest BCUT2D eigenvalue weighted by molar-refractivity contribution is 5.91. The van der Waals surface area contributed by atoms with Crippen molar-refractivity contribution in [3.05, 3.63) is 53.7 Å². The molecule has 1 aromatic carbocycles. The van der Waals surface area contributed by atoms with Gasteiger partial charge < -0.3 is 15.4 Å². The van der Waals surface area contributed by atoms with E-state index in [4.69, 9.17) is 4.74 Å². The van der Waals surface area contributed by atoms with E-state index in [2.05, 4.69) is 15.6 Å². The van der Waals surface area contributed by atoms with Gasteiger partial charge in [0.05, 0.1) is 31.5 Å². The van der Waals surface area contributed by atoms with E-state index in [0.29, 0.717) is 11.6 Å². The lowest BCUT2D eigenvalue weighted by molar-refractivity contribution is -0.120. The predicted molar refractivity (Wildman–Crippen MR) is 91.8 cm³/mol. The molecule has 24 heavy (non-hydrogen) atoms. The van der Waals surface area contributed by atoms with Crippen molar-refractivity contribution >= 4 is 17.5 Å². The molecule has 0 bridgehead atoms. The van der Waals surface area contributed by atoms with E-state index < -0.39 is 0 Å². The van der Waals surface area contributed by atoms with Crippen LogP contribution in [0.25, 0.3) is 0 Å². The zero-order chi connectivity index (χ0) is 17.5. The molecule has 0 aliphatic carbocycles. The Morgan fingerprint density at radius 3 is 2.42 bits per heavy atom. The average Bonchev–Trinajstić information content (AvgIpc) is 2.55. The molecule has 2 rings (SSSR count). The molecule has 2 amide bonds. The molecule has 1 atom stereocenters. The van der Waals surface area contributed by atoms with Gasteiger partial charge in [-0.2, -0.15) is 0 Å². The van der Waals surface area contributed by atoms with Crippen LogP contribution in [0, 0.1) is 6.92 Å². The summed E-state index contributed by atoms with van der Waals surface area (Å²) in [5, 5.41) is 5.58. The SMILES string of the molecule is COc1ccc(NC(=O)C[C@@H](NC(C)=O)c2ccc(C)cc2)cn1. The number of amides is 2. The summed E-state index contributed by atoms with van der Waals surface area (Å²) in [6, 6.07) is 10.7. The molecule has 0 spiro atoms. The Morgan fingerprint density at radius 1 is 1.17 bits per heavy atom. The molecule has 0 unspecified atom stereocenters. The maximum Gasteiger partial charge on any atom is 0.226 e. The fourth-order valence-corrected chi connectivity index (χ4v) is 2.27. The first kappa shape index (κ1) is 17.5. The number of aryl methyl sites for hydroxylation is 1. The van der Waals surface area contributed by atoms with Crippen LogP contribution in [0.3, 0.4) is 0 Å². The monoisotopic (exact) mass is 327 g/mol. The summed E-state index contributed by atoms with van der Waals surface area (Å²) >= 11 is 0. The molecule has 0 fully saturated rings. The number of benzene rings is 1. The van der Waals surface area contributed by atoms with Crippen molar-refractivity contribution < 1.29 is 14.3 Å². The largest absolute Gasteiger partial charge is 0.481 e. The number of rotatable bonds is 6. The van der Waals surface area contributed by atoms with E-state index in [0.717, 1.165) is 11.1 Å².